The van der Waals surface area contributed by atoms with Crippen LogP contribution in [0.25, 0.3) is 0 Å². The van der Waals surface area contributed by atoms with E-state index in [4.69, 9.17) is 5.21 Å². The fraction of sp³-hybridized carbons (Fsp3) is 0.333. The molecule has 1 aromatic rings. The lowest BCUT2D eigenvalue weighted by molar-refractivity contribution is 0.388. The van der Waals surface area contributed by atoms with Gasteiger partial charge in [-0.2, -0.15) is 0 Å². The summed E-state index contributed by atoms with van der Waals surface area (Å²) in [5.74, 6) is 0. The van der Waals surface area contributed by atoms with Crippen molar-refractivity contribution in [2.24, 2.45) is 0 Å². The monoisotopic (exact) mass is 151 g/mol. The highest BCUT2D eigenvalue weighted by molar-refractivity contribution is 5.51. The summed E-state index contributed by atoms with van der Waals surface area (Å²) >= 11 is 0. The lowest BCUT2D eigenvalue weighted by Gasteiger charge is -2.05. The average molecular weight is 151 g/mol. The zero-order chi connectivity index (χ0) is 8.27. The Morgan fingerprint density at radius 2 is 2.18 bits per heavy atom. The maximum atomic E-state index is 8.72. The van der Waals surface area contributed by atoms with Gasteiger partial charge in [0.2, 0.25) is 0 Å². The standard InChI is InChI=1S/C9H13NO/c1-3-8-5-4-7(2)6-9(8)10-11/h4-6,10-11H,3H2,1-2H3. The number of nitrogens with one attached hydrogen (secondary N) is 1. The highest BCUT2D eigenvalue weighted by atomic mass is 16.5. The normalized spacial score (nSPS) is 9.73. The van der Waals surface area contributed by atoms with Gasteiger partial charge in [0.1, 0.15) is 0 Å². The van der Waals surface area contributed by atoms with Gasteiger partial charge in [0, 0.05) is 0 Å². The van der Waals surface area contributed by atoms with Gasteiger partial charge in [0.05, 0.1) is 5.69 Å². The van der Waals surface area contributed by atoms with Crippen LogP contribution in [0.15, 0.2) is 18.2 Å². The molecule has 0 aliphatic heterocycles. The second-order valence-corrected chi connectivity index (χ2v) is 2.63. The van der Waals surface area contributed by atoms with E-state index >= 15 is 0 Å². The van der Waals surface area contributed by atoms with Crippen molar-refractivity contribution in [2.75, 3.05) is 5.48 Å². The Morgan fingerprint density at radius 3 is 2.73 bits per heavy atom. The number of hydrogen-bond donors (Lipinski definition) is 2. The minimum absolute atomic E-state index is 0.813. The molecule has 0 spiro atoms. The van der Waals surface area contributed by atoms with E-state index in [1.165, 1.54) is 0 Å². The molecule has 0 saturated heterocycles. The molecule has 0 unspecified atom stereocenters. The number of hydrogen-bond acceptors (Lipinski definition) is 2. The molecule has 0 fully saturated rings. The molecule has 2 N–H and O–H groups in total. The molecule has 0 bridgehead atoms. The van der Waals surface area contributed by atoms with Crippen LogP contribution in [-0.2, 0) is 6.42 Å². The molecule has 11 heavy (non-hydrogen) atoms. The molecule has 0 heterocycles. The molecule has 0 radical (unpaired) electrons. The third kappa shape index (κ3) is 1.71. The van der Waals surface area contributed by atoms with E-state index in [1.54, 1.807) is 0 Å². The minimum Gasteiger partial charge on any atom is -0.291 e. The molecule has 0 aliphatic rings. The average Bonchev–Trinajstić information content (AvgIpc) is 2.04. The van der Waals surface area contributed by atoms with Crippen LogP contribution in [0.5, 0.6) is 0 Å². The molecule has 2 nitrogen and oxygen atoms in total. The van der Waals surface area contributed by atoms with E-state index in [1.807, 2.05) is 25.1 Å². The smallest absolute Gasteiger partial charge is 0.0636 e. The number of benzene rings is 1. The summed E-state index contributed by atoms with van der Waals surface area (Å²) in [5.41, 5.74) is 5.29. The predicted molar refractivity (Wildman–Crippen MR) is 46.0 cm³/mol. The Morgan fingerprint density at radius 1 is 1.45 bits per heavy atom. The lowest BCUT2D eigenvalue weighted by Crippen LogP contribution is -1.95. The van der Waals surface area contributed by atoms with Gasteiger partial charge in [0.25, 0.3) is 0 Å². The SMILES string of the molecule is CCc1ccc(C)cc1NO. The largest absolute Gasteiger partial charge is 0.291 e. The highest BCUT2D eigenvalue weighted by Gasteiger charge is 1.97. The summed E-state index contributed by atoms with van der Waals surface area (Å²) in [4.78, 5) is 0. The maximum absolute atomic E-state index is 8.72. The van der Waals surface area contributed by atoms with Crippen LogP contribution in [0.2, 0.25) is 0 Å². The predicted octanol–water partition coefficient (Wildman–Crippen LogP) is 2.36. The first kappa shape index (κ1) is 8.08. The van der Waals surface area contributed by atoms with Crippen LogP contribution in [-0.4, -0.2) is 5.21 Å². The van der Waals surface area contributed by atoms with Crippen LogP contribution in [0.1, 0.15) is 18.1 Å². The van der Waals surface area contributed by atoms with Crippen LogP contribution in [0.3, 0.4) is 0 Å². The van der Waals surface area contributed by atoms with Crippen molar-refractivity contribution in [1.29, 1.82) is 0 Å². The van der Waals surface area contributed by atoms with Crippen LogP contribution < -0.4 is 5.48 Å². The van der Waals surface area contributed by atoms with Crippen molar-refractivity contribution >= 4 is 5.69 Å². The fourth-order valence-electron chi connectivity index (χ4n) is 1.10. The zero-order valence-electron chi connectivity index (χ0n) is 6.89. The molecule has 1 rings (SSSR count). The van der Waals surface area contributed by atoms with E-state index in [0.29, 0.717) is 0 Å². The van der Waals surface area contributed by atoms with E-state index in [9.17, 15) is 0 Å². The van der Waals surface area contributed by atoms with E-state index < -0.39 is 0 Å². The number of aryl methyl sites for hydroxylation is 2. The van der Waals surface area contributed by atoms with Crippen LogP contribution in [0.4, 0.5) is 5.69 Å². The first-order chi connectivity index (χ1) is 5.27. The molecule has 60 valence electrons. The highest BCUT2D eigenvalue weighted by Crippen LogP contribution is 2.16. The van der Waals surface area contributed by atoms with Crippen LogP contribution >= 0.6 is 0 Å². The molecule has 0 amide bonds. The Bertz CT molecular complexity index is 245. The van der Waals surface area contributed by atoms with Crippen molar-refractivity contribution in [3.63, 3.8) is 0 Å². The van der Waals surface area contributed by atoms with E-state index in [0.717, 1.165) is 23.2 Å². The van der Waals surface area contributed by atoms with Gasteiger partial charge in [-0.1, -0.05) is 19.1 Å². The van der Waals surface area contributed by atoms with E-state index in [-0.39, 0.29) is 0 Å². The minimum atomic E-state index is 0.813. The lowest BCUT2D eigenvalue weighted by atomic mass is 10.1. The first-order valence-electron chi connectivity index (χ1n) is 3.77. The van der Waals surface area contributed by atoms with Crippen molar-refractivity contribution < 1.29 is 5.21 Å². The molecule has 1 aromatic carbocycles. The summed E-state index contributed by atoms with van der Waals surface area (Å²) in [6.45, 7) is 4.06. The number of rotatable bonds is 2. The van der Waals surface area contributed by atoms with Gasteiger partial charge in [0.15, 0.2) is 0 Å². The maximum Gasteiger partial charge on any atom is 0.0636 e. The van der Waals surface area contributed by atoms with Gasteiger partial charge in [-0.3, -0.25) is 10.7 Å². The molecule has 2 heteroatoms. The summed E-state index contributed by atoms with van der Waals surface area (Å²) in [6.07, 6.45) is 0.934. The van der Waals surface area contributed by atoms with Gasteiger partial charge < -0.3 is 0 Å². The molecular weight excluding hydrogens is 138 g/mol. The fourth-order valence-corrected chi connectivity index (χ4v) is 1.10. The third-order valence-corrected chi connectivity index (χ3v) is 1.77. The molecule has 0 aromatic heterocycles. The first-order valence-corrected chi connectivity index (χ1v) is 3.77. The van der Waals surface area contributed by atoms with Gasteiger partial charge in [-0.25, -0.2) is 0 Å². The number of anilines is 1. The van der Waals surface area contributed by atoms with Crippen LogP contribution in [0, 0.1) is 6.92 Å². The van der Waals surface area contributed by atoms with Crippen molar-refractivity contribution in [1.82, 2.24) is 0 Å². The second kappa shape index (κ2) is 3.39. The summed E-state index contributed by atoms with van der Waals surface area (Å²) in [7, 11) is 0. The zero-order valence-corrected chi connectivity index (χ0v) is 6.89. The summed E-state index contributed by atoms with van der Waals surface area (Å²) in [6, 6.07) is 5.99. The molecule has 0 aliphatic carbocycles. The van der Waals surface area contributed by atoms with Gasteiger partial charge in [-0.15, -0.1) is 0 Å². The third-order valence-electron chi connectivity index (χ3n) is 1.77. The van der Waals surface area contributed by atoms with E-state index in [2.05, 4.69) is 12.4 Å². The van der Waals surface area contributed by atoms with Gasteiger partial charge >= 0.3 is 0 Å². The van der Waals surface area contributed by atoms with Gasteiger partial charge in [-0.05, 0) is 30.5 Å². The van der Waals surface area contributed by atoms with Crippen molar-refractivity contribution in [2.45, 2.75) is 20.3 Å². The Kier molecular flexibility index (Phi) is 2.49. The Balaban J connectivity index is 3.06. The molecule has 0 saturated carbocycles. The quantitative estimate of drug-likeness (QED) is 0.636. The Labute approximate surface area is 66.8 Å². The molecular formula is C9H13NO. The molecule has 0 atom stereocenters. The topological polar surface area (TPSA) is 32.3 Å². The summed E-state index contributed by atoms with van der Waals surface area (Å²) < 4.78 is 0. The van der Waals surface area contributed by atoms with Crippen molar-refractivity contribution in [3.05, 3.63) is 29.3 Å². The second-order valence-electron chi connectivity index (χ2n) is 2.63. The Hall–Kier alpha value is -1.02. The van der Waals surface area contributed by atoms with Crippen molar-refractivity contribution in [3.8, 4) is 0 Å². The summed E-state index contributed by atoms with van der Waals surface area (Å²) in [5, 5.41) is 8.72.